The number of carbonyl (C=O) groups excluding carboxylic acids is 1. The maximum absolute atomic E-state index is 10.0. The van der Waals surface area contributed by atoms with Crippen molar-refractivity contribution in [3.8, 4) is 32.8 Å². The topological polar surface area (TPSA) is 50.2 Å². The Kier molecular flexibility index (Phi) is 10.5. The molecular formula is C42H36IrNO2S-. The quantitative estimate of drug-likeness (QED) is 0.0815. The Hall–Kier alpha value is -4.41. The summed E-state index contributed by atoms with van der Waals surface area (Å²) in [4.78, 5) is 16.2. The fraction of sp³-hybridized carbons (Fsp3) is 0.143. The van der Waals surface area contributed by atoms with Gasteiger partial charge in [-0.15, -0.1) is 23.6 Å². The van der Waals surface area contributed by atoms with Gasteiger partial charge in [-0.2, -0.15) is 11.3 Å². The molecule has 2 heterocycles. The van der Waals surface area contributed by atoms with Crippen LogP contribution in [0.2, 0.25) is 0 Å². The number of carbonyl (C=O) groups is 1. The summed E-state index contributed by atoms with van der Waals surface area (Å²) < 4.78 is 1.26. The van der Waals surface area contributed by atoms with E-state index in [4.69, 9.17) is 10.1 Å². The molecule has 0 aliphatic heterocycles. The van der Waals surface area contributed by atoms with Gasteiger partial charge in [0.05, 0.1) is 5.76 Å². The minimum Gasteiger partial charge on any atom is -0.512 e. The first kappa shape index (κ1) is 33.9. The number of ketones is 1. The molecule has 0 saturated carbocycles. The third kappa shape index (κ3) is 7.29. The van der Waals surface area contributed by atoms with E-state index in [1.54, 1.807) is 0 Å². The number of hydrogen-bond donors (Lipinski definition) is 1. The van der Waals surface area contributed by atoms with Crippen molar-refractivity contribution >= 4 is 48.8 Å². The van der Waals surface area contributed by atoms with Crippen molar-refractivity contribution in [3.05, 3.63) is 138 Å². The fourth-order valence-corrected chi connectivity index (χ4v) is 7.20. The van der Waals surface area contributed by atoms with Crippen molar-refractivity contribution in [1.82, 2.24) is 4.98 Å². The van der Waals surface area contributed by atoms with E-state index in [0.29, 0.717) is 5.92 Å². The van der Waals surface area contributed by atoms with Crippen LogP contribution < -0.4 is 0 Å². The van der Waals surface area contributed by atoms with Gasteiger partial charge in [-0.05, 0) is 80.6 Å². The molecule has 0 amide bonds. The average molecular weight is 811 g/mol. The maximum atomic E-state index is 10.0. The second kappa shape index (κ2) is 14.6. The first-order valence-corrected chi connectivity index (χ1v) is 16.3. The van der Waals surface area contributed by atoms with Gasteiger partial charge in [-0.25, -0.2) is 0 Å². The number of aromatic nitrogens is 1. The van der Waals surface area contributed by atoms with E-state index in [1.807, 2.05) is 17.5 Å². The average Bonchev–Trinajstić information content (AvgIpc) is 3.48. The monoisotopic (exact) mass is 811 g/mol. The SMILES string of the molecule is CC(=O)/C=C(/C)O.Cc1cc(C(C)C)c2ccc3c(-c4[c-]c5cc(-c6ccccc6)sc5c(-c5ccccc5)c4)nccc3c2c1.[Ir]. The molecule has 47 heavy (non-hydrogen) atoms. The molecule has 2 aromatic heterocycles. The van der Waals surface area contributed by atoms with Crippen LogP contribution in [0.15, 0.2) is 121 Å². The van der Waals surface area contributed by atoms with Crippen LogP contribution in [0.4, 0.5) is 0 Å². The second-order valence-electron chi connectivity index (χ2n) is 12.0. The van der Waals surface area contributed by atoms with Gasteiger partial charge in [0.2, 0.25) is 0 Å². The number of pyridine rings is 1. The Morgan fingerprint density at radius 1 is 0.809 bits per heavy atom. The smallest absolute Gasteiger partial charge is 0.155 e. The molecule has 0 unspecified atom stereocenters. The molecule has 0 aliphatic carbocycles. The van der Waals surface area contributed by atoms with E-state index in [2.05, 4.69) is 130 Å². The maximum Gasteiger partial charge on any atom is 0.155 e. The van der Waals surface area contributed by atoms with Crippen molar-refractivity contribution in [2.45, 2.75) is 40.5 Å². The molecular weight excluding hydrogens is 775 g/mol. The van der Waals surface area contributed by atoms with Crippen LogP contribution in [0.5, 0.6) is 0 Å². The first-order chi connectivity index (χ1) is 22.2. The van der Waals surface area contributed by atoms with Gasteiger partial charge in [0.15, 0.2) is 5.78 Å². The molecule has 0 fully saturated rings. The van der Waals surface area contributed by atoms with Gasteiger partial charge in [0.25, 0.3) is 0 Å². The van der Waals surface area contributed by atoms with Gasteiger partial charge < -0.3 is 5.11 Å². The van der Waals surface area contributed by atoms with E-state index < -0.39 is 0 Å². The molecule has 3 nitrogen and oxygen atoms in total. The Labute approximate surface area is 294 Å². The summed E-state index contributed by atoms with van der Waals surface area (Å²) in [6.07, 6.45) is 3.12. The number of thiophene rings is 1. The summed E-state index contributed by atoms with van der Waals surface area (Å²) in [5.41, 5.74) is 8.37. The van der Waals surface area contributed by atoms with Gasteiger partial charge in [0.1, 0.15) is 0 Å². The van der Waals surface area contributed by atoms with Crippen molar-refractivity contribution in [1.29, 1.82) is 0 Å². The summed E-state index contributed by atoms with van der Waals surface area (Å²) in [7, 11) is 0. The number of rotatable bonds is 5. The Morgan fingerprint density at radius 3 is 2.09 bits per heavy atom. The number of hydrogen-bond acceptors (Lipinski definition) is 4. The largest absolute Gasteiger partial charge is 0.512 e. The molecule has 0 bridgehead atoms. The summed E-state index contributed by atoms with van der Waals surface area (Å²) >= 11 is 1.84. The summed E-state index contributed by atoms with van der Waals surface area (Å²) in [5.74, 6) is 0.403. The number of aliphatic hydroxyl groups excluding tert-OH is 1. The van der Waals surface area contributed by atoms with Gasteiger partial charge in [-0.1, -0.05) is 115 Å². The van der Waals surface area contributed by atoms with E-state index in [-0.39, 0.29) is 31.6 Å². The fourth-order valence-electron chi connectivity index (χ4n) is 6.04. The molecule has 237 valence electrons. The van der Waals surface area contributed by atoms with Crippen LogP contribution in [0.25, 0.3) is 64.5 Å². The number of fused-ring (bicyclic) bond motifs is 4. The third-order valence-electron chi connectivity index (χ3n) is 8.02. The minimum atomic E-state index is -0.125. The number of allylic oxidation sites excluding steroid dienone is 2. The molecule has 0 aliphatic rings. The molecule has 1 N–H and O–H groups in total. The molecule has 5 aromatic carbocycles. The predicted molar refractivity (Wildman–Crippen MR) is 196 cm³/mol. The van der Waals surface area contributed by atoms with Crippen LogP contribution in [-0.4, -0.2) is 15.9 Å². The third-order valence-corrected chi connectivity index (χ3v) is 9.24. The van der Waals surface area contributed by atoms with E-state index in [9.17, 15) is 4.79 Å². The van der Waals surface area contributed by atoms with Gasteiger partial charge in [-0.3, -0.25) is 9.78 Å². The zero-order chi connectivity index (χ0) is 32.4. The summed E-state index contributed by atoms with van der Waals surface area (Å²) in [6, 6.07) is 41.0. The molecule has 0 atom stereocenters. The molecule has 0 spiro atoms. The standard InChI is InChI=1S/C37H28NS.C5H8O2.Ir/c1-23(2)32-18-24(3)19-34-29(32)14-15-31-30(34)16-17-38-36(31)27-20-28-22-35(26-12-8-5-9-13-26)39-37(28)33(21-27)25-10-6-4-7-11-25;1-4(6)3-5(2)7;/h4-19,21-23H,1-3H3;3,6H,1-2H3;/q-1;;/b;4-3-;. The van der Waals surface area contributed by atoms with Crippen molar-refractivity contribution < 1.29 is 30.0 Å². The molecule has 7 aromatic rings. The normalized spacial score (nSPS) is 11.4. The summed E-state index contributed by atoms with van der Waals surface area (Å²) in [6.45, 7) is 9.59. The Balaban J connectivity index is 0.000000491. The van der Waals surface area contributed by atoms with Crippen LogP contribution in [0, 0.1) is 13.0 Å². The van der Waals surface area contributed by atoms with Crippen molar-refractivity contribution in [2.75, 3.05) is 0 Å². The number of aryl methyl sites for hydroxylation is 1. The van der Waals surface area contributed by atoms with Crippen molar-refractivity contribution in [2.24, 2.45) is 0 Å². The zero-order valence-corrected chi connectivity index (χ0v) is 30.3. The van der Waals surface area contributed by atoms with E-state index >= 15 is 0 Å². The van der Waals surface area contributed by atoms with E-state index in [0.717, 1.165) is 16.6 Å². The molecule has 1 radical (unpaired) electrons. The summed E-state index contributed by atoms with van der Waals surface area (Å²) in [5, 5.41) is 14.5. The second-order valence-corrected chi connectivity index (χ2v) is 13.1. The first-order valence-electron chi connectivity index (χ1n) is 15.5. The van der Waals surface area contributed by atoms with Gasteiger partial charge in [0, 0.05) is 38.1 Å². The molecule has 0 saturated heterocycles. The Morgan fingerprint density at radius 2 is 1.47 bits per heavy atom. The zero-order valence-electron chi connectivity index (χ0n) is 27.1. The van der Waals surface area contributed by atoms with E-state index in [1.165, 1.54) is 78.9 Å². The predicted octanol–water partition coefficient (Wildman–Crippen LogP) is 11.9. The van der Waals surface area contributed by atoms with Crippen LogP contribution in [-0.2, 0) is 24.9 Å². The van der Waals surface area contributed by atoms with Crippen LogP contribution in [0.1, 0.15) is 44.7 Å². The number of benzene rings is 5. The van der Waals surface area contributed by atoms with Crippen molar-refractivity contribution in [3.63, 3.8) is 0 Å². The molecule has 5 heteroatoms. The number of nitrogens with zero attached hydrogens (tertiary/aromatic N) is 1. The van der Waals surface area contributed by atoms with Crippen LogP contribution >= 0.6 is 11.3 Å². The minimum absolute atomic E-state index is 0. The Bertz CT molecular complexity index is 2230. The molecule has 7 rings (SSSR count). The number of aliphatic hydroxyl groups is 1. The van der Waals surface area contributed by atoms with Gasteiger partial charge >= 0.3 is 0 Å². The van der Waals surface area contributed by atoms with Crippen LogP contribution in [0.3, 0.4) is 0 Å².